The van der Waals surface area contributed by atoms with Gasteiger partial charge in [-0.3, -0.25) is 4.79 Å². The highest BCUT2D eigenvalue weighted by molar-refractivity contribution is 5.50. The minimum absolute atomic E-state index is 0.00998. The minimum Gasteiger partial charge on any atom is -0.419 e. The largest absolute Gasteiger partial charge is 0.419 e. The summed E-state index contributed by atoms with van der Waals surface area (Å²) < 4.78 is 5.53. The standard InChI is InChI=1S/C12H16N4O2/c1-4-9(13-3)12-16-15-11(18-12)8-6-14-7(2)5-10(8)17/h5-6,9,13H,4H2,1-3H3,(H,14,17). The third kappa shape index (κ3) is 2.33. The molecule has 2 aromatic heterocycles. The van der Waals surface area contributed by atoms with Gasteiger partial charge in [-0.2, -0.15) is 0 Å². The highest BCUT2D eigenvalue weighted by Crippen LogP contribution is 2.19. The molecule has 2 N–H and O–H groups in total. The zero-order valence-corrected chi connectivity index (χ0v) is 10.7. The van der Waals surface area contributed by atoms with E-state index in [2.05, 4.69) is 20.5 Å². The molecule has 1 atom stereocenters. The maximum absolute atomic E-state index is 11.8. The van der Waals surface area contributed by atoms with Crippen LogP contribution in [0.1, 0.15) is 31.0 Å². The molecule has 0 radical (unpaired) electrons. The van der Waals surface area contributed by atoms with E-state index in [-0.39, 0.29) is 17.4 Å². The fourth-order valence-electron chi connectivity index (χ4n) is 1.73. The molecule has 6 heteroatoms. The van der Waals surface area contributed by atoms with Gasteiger partial charge in [0.25, 0.3) is 5.89 Å². The lowest BCUT2D eigenvalue weighted by atomic mass is 10.2. The van der Waals surface area contributed by atoms with E-state index in [0.29, 0.717) is 11.5 Å². The molecule has 0 bridgehead atoms. The molecule has 6 nitrogen and oxygen atoms in total. The van der Waals surface area contributed by atoms with Crippen molar-refractivity contribution >= 4 is 0 Å². The normalized spacial score (nSPS) is 12.6. The molecule has 2 aromatic rings. The summed E-state index contributed by atoms with van der Waals surface area (Å²) in [6, 6.07) is 1.52. The summed E-state index contributed by atoms with van der Waals surface area (Å²) in [7, 11) is 1.83. The molecule has 0 saturated carbocycles. The van der Waals surface area contributed by atoms with Crippen LogP contribution in [0.25, 0.3) is 11.5 Å². The van der Waals surface area contributed by atoms with Crippen LogP contribution in [-0.4, -0.2) is 22.2 Å². The molecule has 96 valence electrons. The Morgan fingerprint density at radius 3 is 2.89 bits per heavy atom. The number of nitrogens with one attached hydrogen (secondary N) is 2. The van der Waals surface area contributed by atoms with Gasteiger partial charge in [0.2, 0.25) is 5.89 Å². The van der Waals surface area contributed by atoms with Crippen LogP contribution in [0.5, 0.6) is 0 Å². The fourth-order valence-corrected chi connectivity index (χ4v) is 1.73. The Balaban J connectivity index is 2.38. The van der Waals surface area contributed by atoms with E-state index in [1.54, 1.807) is 6.20 Å². The average molecular weight is 248 g/mol. The second kappa shape index (κ2) is 5.14. The molecule has 0 aliphatic rings. The van der Waals surface area contributed by atoms with E-state index in [1.165, 1.54) is 6.07 Å². The maximum Gasteiger partial charge on any atom is 0.253 e. The molecule has 0 fully saturated rings. The summed E-state index contributed by atoms with van der Waals surface area (Å²) in [4.78, 5) is 14.8. The first kappa shape index (κ1) is 12.5. The maximum atomic E-state index is 11.8. The van der Waals surface area contributed by atoms with Gasteiger partial charge in [-0.05, 0) is 20.4 Å². The van der Waals surface area contributed by atoms with Crippen molar-refractivity contribution in [1.29, 1.82) is 0 Å². The molecule has 2 rings (SSSR count). The van der Waals surface area contributed by atoms with Gasteiger partial charge >= 0.3 is 0 Å². The van der Waals surface area contributed by atoms with Gasteiger partial charge in [0, 0.05) is 18.0 Å². The molecule has 18 heavy (non-hydrogen) atoms. The Bertz CT molecular complexity index is 584. The van der Waals surface area contributed by atoms with Gasteiger partial charge in [-0.25, -0.2) is 0 Å². The fraction of sp³-hybridized carbons (Fsp3) is 0.417. The van der Waals surface area contributed by atoms with Gasteiger partial charge in [0.15, 0.2) is 5.43 Å². The Kier molecular flexibility index (Phi) is 3.57. The molecule has 0 aliphatic heterocycles. The summed E-state index contributed by atoms with van der Waals surface area (Å²) in [6.07, 6.45) is 2.43. The molecular weight excluding hydrogens is 232 g/mol. The summed E-state index contributed by atoms with van der Waals surface area (Å²) in [5, 5.41) is 11.0. The SMILES string of the molecule is CCC(NC)c1nnc(-c2c[nH]c(C)cc2=O)o1. The molecule has 0 aliphatic carbocycles. The first-order chi connectivity index (χ1) is 8.65. The van der Waals surface area contributed by atoms with Crippen molar-refractivity contribution in [2.24, 2.45) is 0 Å². The Morgan fingerprint density at radius 2 is 2.28 bits per heavy atom. The molecule has 2 heterocycles. The van der Waals surface area contributed by atoms with Crippen molar-refractivity contribution in [2.75, 3.05) is 7.05 Å². The number of hydrogen-bond acceptors (Lipinski definition) is 5. The first-order valence-corrected chi connectivity index (χ1v) is 5.86. The Labute approximate surface area is 104 Å². The van der Waals surface area contributed by atoms with Crippen LogP contribution in [0.2, 0.25) is 0 Å². The molecule has 0 saturated heterocycles. The monoisotopic (exact) mass is 248 g/mol. The summed E-state index contributed by atoms with van der Waals surface area (Å²) in [5.41, 5.74) is 1.06. The van der Waals surface area contributed by atoms with Gasteiger partial charge < -0.3 is 14.7 Å². The summed E-state index contributed by atoms with van der Waals surface area (Å²) >= 11 is 0. The zero-order chi connectivity index (χ0) is 13.1. The molecular formula is C12H16N4O2. The first-order valence-electron chi connectivity index (χ1n) is 5.86. The number of aryl methyl sites for hydroxylation is 1. The van der Waals surface area contributed by atoms with E-state index in [1.807, 2.05) is 20.9 Å². The third-order valence-electron chi connectivity index (χ3n) is 2.78. The Morgan fingerprint density at radius 1 is 1.50 bits per heavy atom. The molecule has 0 spiro atoms. The van der Waals surface area contributed by atoms with Crippen molar-refractivity contribution in [1.82, 2.24) is 20.5 Å². The lowest BCUT2D eigenvalue weighted by molar-refractivity contribution is 0.415. The summed E-state index contributed by atoms with van der Waals surface area (Å²) in [6.45, 7) is 3.84. The highest BCUT2D eigenvalue weighted by Gasteiger charge is 2.17. The molecule has 0 amide bonds. The van der Waals surface area contributed by atoms with Crippen LogP contribution < -0.4 is 10.7 Å². The van der Waals surface area contributed by atoms with Gasteiger partial charge in [0.05, 0.1) is 6.04 Å². The lowest BCUT2D eigenvalue weighted by Crippen LogP contribution is -2.15. The molecule has 1 unspecified atom stereocenters. The zero-order valence-electron chi connectivity index (χ0n) is 10.7. The topological polar surface area (TPSA) is 83.8 Å². The van der Waals surface area contributed by atoms with Crippen LogP contribution in [-0.2, 0) is 0 Å². The highest BCUT2D eigenvalue weighted by atomic mass is 16.4. The van der Waals surface area contributed by atoms with Crippen LogP contribution in [0.4, 0.5) is 0 Å². The predicted molar refractivity (Wildman–Crippen MR) is 67.2 cm³/mol. The van der Waals surface area contributed by atoms with E-state index in [9.17, 15) is 4.79 Å². The van der Waals surface area contributed by atoms with E-state index < -0.39 is 0 Å². The van der Waals surface area contributed by atoms with Crippen molar-refractivity contribution in [3.8, 4) is 11.5 Å². The predicted octanol–water partition coefficient (Wildman–Crippen LogP) is 1.40. The Hall–Kier alpha value is -1.95. The number of nitrogens with zero attached hydrogens (tertiary/aromatic N) is 2. The van der Waals surface area contributed by atoms with Gasteiger partial charge in [-0.1, -0.05) is 6.92 Å². The van der Waals surface area contributed by atoms with Crippen molar-refractivity contribution < 1.29 is 4.42 Å². The van der Waals surface area contributed by atoms with Crippen LogP contribution >= 0.6 is 0 Å². The number of rotatable bonds is 4. The van der Waals surface area contributed by atoms with E-state index in [0.717, 1.165) is 12.1 Å². The lowest BCUT2D eigenvalue weighted by Gasteiger charge is -2.07. The smallest absolute Gasteiger partial charge is 0.253 e. The van der Waals surface area contributed by atoms with E-state index in [4.69, 9.17) is 4.42 Å². The number of aromatic amines is 1. The van der Waals surface area contributed by atoms with Crippen molar-refractivity contribution in [3.63, 3.8) is 0 Å². The average Bonchev–Trinajstić information content (AvgIpc) is 2.80. The van der Waals surface area contributed by atoms with Gasteiger partial charge in [0.1, 0.15) is 5.56 Å². The summed E-state index contributed by atoms with van der Waals surface area (Å²) in [5.74, 6) is 0.745. The second-order valence-corrected chi connectivity index (χ2v) is 4.09. The van der Waals surface area contributed by atoms with Gasteiger partial charge in [-0.15, -0.1) is 10.2 Å². The van der Waals surface area contributed by atoms with Crippen LogP contribution in [0, 0.1) is 6.92 Å². The second-order valence-electron chi connectivity index (χ2n) is 4.09. The quantitative estimate of drug-likeness (QED) is 0.854. The van der Waals surface area contributed by atoms with Crippen LogP contribution in [0.3, 0.4) is 0 Å². The minimum atomic E-state index is -0.126. The van der Waals surface area contributed by atoms with E-state index >= 15 is 0 Å². The molecule has 0 aromatic carbocycles. The third-order valence-corrected chi connectivity index (χ3v) is 2.78. The number of H-pyrrole nitrogens is 1. The number of pyridine rings is 1. The van der Waals surface area contributed by atoms with Crippen LogP contribution in [0.15, 0.2) is 21.5 Å². The van der Waals surface area contributed by atoms with Crippen molar-refractivity contribution in [2.45, 2.75) is 26.3 Å². The number of aromatic nitrogens is 3. The van der Waals surface area contributed by atoms with Crippen molar-refractivity contribution in [3.05, 3.63) is 34.1 Å². The number of hydrogen-bond donors (Lipinski definition) is 2.